The molecule has 1 unspecified atom stereocenters. The number of ether oxygens (including phenoxy) is 1. The third-order valence-corrected chi connectivity index (χ3v) is 2.01. The summed E-state index contributed by atoms with van der Waals surface area (Å²) in [7, 11) is 0. The first-order chi connectivity index (χ1) is 4.61. The number of hydrogen-bond acceptors (Lipinski definition) is 3. The maximum absolute atomic E-state index is 9.33. The zero-order chi connectivity index (χ0) is 7.72. The van der Waals surface area contributed by atoms with E-state index >= 15 is 0 Å². The first kappa shape index (κ1) is 7.98. The second-order valence-corrected chi connectivity index (χ2v) is 3.00. The molecule has 0 aliphatic carbocycles. The molecule has 4 atom stereocenters. The SMILES string of the molecule is CC1O[C@@H](O)C[C@H](C)[C@H]1O. The Morgan fingerprint density at radius 2 is 1.90 bits per heavy atom. The van der Waals surface area contributed by atoms with Crippen LogP contribution in [0.2, 0.25) is 0 Å². The summed E-state index contributed by atoms with van der Waals surface area (Å²) in [5.41, 5.74) is 0. The molecule has 0 amide bonds. The van der Waals surface area contributed by atoms with Crippen molar-refractivity contribution >= 4 is 0 Å². The highest BCUT2D eigenvalue weighted by Gasteiger charge is 2.30. The summed E-state index contributed by atoms with van der Waals surface area (Å²) >= 11 is 0. The Morgan fingerprint density at radius 1 is 1.30 bits per heavy atom. The molecule has 3 heteroatoms. The van der Waals surface area contributed by atoms with Crippen LogP contribution in [0.5, 0.6) is 0 Å². The van der Waals surface area contributed by atoms with Crippen molar-refractivity contribution in [1.82, 2.24) is 0 Å². The summed E-state index contributed by atoms with van der Waals surface area (Å²) in [6.45, 7) is 3.68. The topological polar surface area (TPSA) is 49.7 Å². The highest BCUT2D eigenvalue weighted by atomic mass is 16.6. The maximum Gasteiger partial charge on any atom is 0.155 e. The Bertz CT molecular complexity index is 103. The van der Waals surface area contributed by atoms with Crippen LogP contribution in [0.25, 0.3) is 0 Å². The Morgan fingerprint density at radius 3 is 2.40 bits per heavy atom. The van der Waals surface area contributed by atoms with E-state index in [2.05, 4.69) is 0 Å². The number of rotatable bonds is 0. The quantitative estimate of drug-likeness (QED) is 0.510. The predicted octanol–water partition coefficient (Wildman–Crippen LogP) is 0.111. The second kappa shape index (κ2) is 2.86. The van der Waals surface area contributed by atoms with Crippen LogP contribution < -0.4 is 0 Å². The standard InChI is InChI=1S/C7H14O3/c1-4-3-6(8)10-5(2)7(4)9/h4-9H,3H2,1-2H3/t4-,5?,6+,7+/m0/s1. The minimum Gasteiger partial charge on any atom is -0.390 e. The van der Waals surface area contributed by atoms with Crippen molar-refractivity contribution in [1.29, 1.82) is 0 Å². The fourth-order valence-corrected chi connectivity index (χ4v) is 1.30. The van der Waals surface area contributed by atoms with Crippen LogP contribution in [0.15, 0.2) is 0 Å². The van der Waals surface area contributed by atoms with Gasteiger partial charge >= 0.3 is 0 Å². The molecule has 1 saturated heterocycles. The van der Waals surface area contributed by atoms with E-state index in [-0.39, 0.29) is 12.0 Å². The average Bonchev–Trinajstić information content (AvgIpc) is 1.82. The highest BCUT2D eigenvalue weighted by molar-refractivity contribution is 4.76. The summed E-state index contributed by atoms with van der Waals surface area (Å²) in [6, 6.07) is 0. The van der Waals surface area contributed by atoms with Crippen LogP contribution in [0.3, 0.4) is 0 Å². The van der Waals surface area contributed by atoms with Gasteiger partial charge in [0.1, 0.15) is 0 Å². The van der Waals surface area contributed by atoms with Crippen LogP contribution in [0.4, 0.5) is 0 Å². The molecule has 1 aliphatic heterocycles. The molecule has 0 bridgehead atoms. The lowest BCUT2D eigenvalue weighted by Gasteiger charge is -2.33. The van der Waals surface area contributed by atoms with Crippen molar-refractivity contribution in [3.05, 3.63) is 0 Å². The Hall–Kier alpha value is -0.120. The Labute approximate surface area is 60.6 Å². The van der Waals surface area contributed by atoms with Crippen LogP contribution >= 0.6 is 0 Å². The van der Waals surface area contributed by atoms with E-state index in [9.17, 15) is 5.11 Å². The van der Waals surface area contributed by atoms with E-state index in [1.165, 1.54) is 0 Å². The van der Waals surface area contributed by atoms with E-state index in [1.54, 1.807) is 6.92 Å². The average molecular weight is 146 g/mol. The monoisotopic (exact) mass is 146 g/mol. The maximum atomic E-state index is 9.33. The van der Waals surface area contributed by atoms with Crippen molar-refractivity contribution in [3.8, 4) is 0 Å². The second-order valence-electron chi connectivity index (χ2n) is 3.00. The lowest BCUT2D eigenvalue weighted by molar-refractivity contribution is -0.209. The Balaban J connectivity index is 2.49. The summed E-state index contributed by atoms with van der Waals surface area (Å²) in [6.07, 6.45) is -0.818. The molecular weight excluding hydrogens is 132 g/mol. The van der Waals surface area contributed by atoms with Gasteiger partial charge in [0.05, 0.1) is 12.2 Å². The molecule has 0 aromatic rings. The van der Waals surface area contributed by atoms with Crippen molar-refractivity contribution in [2.75, 3.05) is 0 Å². The summed E-state index contributed by atoms with van der Waals surface area (Å²) in [4.78, 5) is 0. The van der Waals surface area contributed by atoms with Crippen molar-refractivity contribution in [3.63, 3.8) is 0 Å². The van der Waals surface area contributed by atoms with E-state index in [1.807, 2.05) is 6.92 Å². The van der Waals surface area contributed by atoms with E-state index in [0.717, 1.165) is 0 Å². The molecule has 1 fully saturated rings. The van der Waals surface area contributed by atoms with Gasteiger partial charge in [0.15, 0.2) is 6.29 Å². The van der Waals surface area contributed by atoms with E-state index < -0.39 is 12.4 Å². The summed E-state index contributed by atoms with van der Waals surface area (Å²) < 4.78 is 4.97. The summed E-state index contributed by atoms with van der Waals surface area (Å²) in [5.74, 6) is 0.138. The molecule has 0 saturated carbocycles. The van der Waals surface area contributed by atoms with E-state index in [4.69, 9.17) is 9.84 Å². The number of hydrogen-bond donors (Lipinski definition) is 2. The molecule has 0 radical (unpaired) electrons. The predicted molar refractivity (Wildman–Crippen MR) is 36.3 cm³/mol. The van der Waals surface area contributed by atoms with Crippen LogP contribution in [0.1, 0.15) is 20.3 Å². The summed E-state index contributed by atoms with van der Waals surface area (Å²) in [5, 5.41) is 18.4. The zero-order valence-corrected chi connectivity index (χ0v) is 6.32. The normalized spacial score (nSPS) is 49.2. The lowest BCUT2D eigenvalue weighted by atomic mass is 9.94. The lowest BCUT2D eigenvalue weighted by Crippen LogP contribution is -2.42. The first-order valence-electron chi connectivity index (χ1n) is 3.63. The minimum absolute atomic E-state index is 0.138. The molecule has 3 nitrogen and oxygen atoms in total. The van der Waals surface area contributed by atoms with Crippen molar-refractivity contribution < 1.29 is 14.9 Å². The largest absolute Gasteiger partial charge is 0.390 e. The molecule has 2 N–H and O–H groups in total. The molecule has 10 heavy (non-hydrogen) atoms. The molecular formula is C7H14O3. The van der Waals surface area contributed by atoms with Gasteiger partial charge in [0.2, 0.25) is 0 Å². The third kappa shape index (κ3) is 1.48. The van der Waals surface area contributed by atoms with Crippen LogP contribution in [0, 0.1) is 5.92 Å². The van der Waals surface area contributed by atoms with Gasteiger partial charge in [-0.15, -0.1) is 0 Å². The third-order valence-electron chi connectivity index (χ3n) is 2.01. The fraction of sp³-hybridized carbons (Fsp3) is 1.00. The van der Waals surface area contributed by atoms with Crippen LogP contribution in [-0.2, 0) is 4.74 Å². The van der Waals surface area contributed by atoms with E-state index in [0.29, 0.717) is 6.42 Å². The van der Waals surface area contributed by atoms with Gasteiger partial charge in [-0.2, -0.15) is 0 Å². The highest BCUT2D eigenvalue weighted by Crippen LogP contribution is 2.23. The Kier molecular flexibility index (Phi) is 2.28. The number of aliphatic hydroxyl groups excluding tert-OH is 2. The van der Waals surface area contributed by atoms with Crippen LogP contribution in [-0.4, -0.2) is 28.7 Å². The van der Waals surface area contributed by atoms with Gasteiger partial charge in [-0.05, 0) is 12.8 Å². The molecule has 0 spiro atoms. The van der Waals surface area contributed by atoms with Gasteiger partial charge in [-0.25, -0.2) is 0 Å². The van der Waals surface area contributed by atoms with Gasteiger partial charge in [-0.1, -0.05) is 6.92 Å². The molecule has 60 valence electrons. The van der Waals surface area contributed by atoms with Crippen molar-refractivity contribution in [2.45, 2.75) is 38.8 Å². The molecule has 0 aromatic carbocycles. The van der Waals surface area contributed by atoms with Gasteiger partial charge in [0, 0.05) is 6.42 Å². The molecule has 0 aromatic heterocycles. The molecule has 1 rings (SSSR count). The molecule has 1 heterocycles. The van der Waals surface area contributed by atoms with Gasteiger partial charge < -0.3 is 14.9 Å². The molecule has 1 aliphatic rings. The van der Waals surface area contributed by atoms with Gasteiger partial charge in [-0.3, -0.25) is 0 Å². The first-order valence-corrected chi connectivity index (χ1v) is 3.63. The number of aliphatic hydroxyl groups is 2. The van der Waals surface area contributed by atoms with Gasteiger partial charge in [0.25, 0.3) is 0 Å². The fourth-order valence-electron chi connectivity index (χ4n) is 1.30. The smallest absolute Gasteiger partial charge is 0.155 e. The zero-order valence-electron chi connectivity index (χ0n) is 6.32. The minimum atomic E-state index is -0.687. The van der Waals surface area contributed by atoms with Crippen molar-refractivity contribution in [2.24, 2.45) is 5.92 Å².